The SMILES string of the molecule is COc1ccc(Br)c(NCc2c(Cl)ccc(Cl)c2Cl)c1. The molecule has 6 heteroatoms. The number of hydrogen-bond donors (Lipinski definition) is 1. The number of methoxy groups -OCH3 is 1. The van der Waals surface area contributed by atoms with Gasteiger partial charge in [0.15, 0.2) is 0 Å². The quantitative estimate of drug-likeness (QED) is 0.638. The molecular formula is C14H11BrCl3NO. The molecule has 0 heterocycles. The van der Waals surface area contributed by atoms with E-state index in [-0.39, 0.29) is 0 Å². The number of benzene rings is 2. The van der Waals surface area contributed by atoms with Crippen LogP contribution in [0.2, 0.25) is 15.1 Å². The minimum atomic E-state index is 0.462. The average molecular weight is 396 g/mol. The Morgan fingerprint density at radius 3 is 2.50 bits per heavy atom. The van der Waals surface area contributed by atoms with Crippen LogP contribution in [0.1, 0.15) is 5.56 Å². The van der Waals surface area contributed by atoms with Crippen LogP contribution in [0.5, 0.6) is 5.75 Å². The second-order valence-corrected chi connectivity index (χ2v) is 6.07. The zero-order valence-corrected chi connectivity index (χ0v) is 14.4. The molecule has 2 rings (SSSR count). The molecule has 2 nitrogen and oxygen atoms in total. The first-order chi connectivity index (χ1) is 9.52. The molecule has 0 aliphatic rings. The summed E-state index contributed by atoms with van der Waals surface area (Å²) in [7, 11) is 1.62. The molecule has 0 aromatic heterocycles. The second kappa shape index (κ2) is 6.90. The van der Waals surface area contributed by atoms with Gasteiger partial charge >= 0.3 is 0 Å². The highest BCUT2D eigenvalue weighted by Gasteiger charge is 2.10. The molecule has 0 saturated heterocycles. The molecule has 0 fully saturated rings. The van der Waals surface area contributed by atoms with E-state index in [4.69, 9.17) is 39.5 Å². The van der Waals surface area contributed by atoms with E-state index in [2.05, 4.69) is 21.2 Å². The zero-order chi connectivity index (χ0) is 14.7. The molecule has 0 spiro atoms. The number of nitrogens with one attached hydrogen (secondary N) is 1. The standard InChI is InChI=1S/C14H11BrCl3NO/c1-20-8-2-3-10(15)13(6-8)19-7-9-11(16)4-5-12(17)14(9)18/h2-6,19H,7H2,1H3. The third kappa shape index (κ3) is 3.53. The Bertz CT molecular complexity index is 634. The van der Waals surface area contributed by atoms with Crippen LogP contribution in [-0.4, -0.2) is 7.11 Å². The summed E-state index contributed by atoms with van der Waals surface area (Å²) in [6.45, 7) is 0.462. The fourth-order valence-corrected chi connectivity index (χ4v) is 2.75. The van der Waals surface area contributed by atoms with Crippen LogP contribution >= 0.6 is 50.7 Å². The lowest BCUT2D eigenvalue weighted by Crippen LogP contribution is -2.02. The number of anilines is 1. The van der Waals surface area contributed by atoms with Gasteiger partial charge in [-0.1, -0.05) is 34.8 Å². The number of rotatable bonds is 4. The fraction of sp³-hybridized carbons (Fsp3) is 0.143. The predicted molar refractivity (Wildman–Crippen MR) is 89.5 cm³/mol. The monoisotopic (exact) mass is 393 g/mol. The van der Waals surface area contributed by atoms with Gasteiger partial charge in [-0.15, -0.1) is 0 Å². The lowest BCUT2D eigenvalue weighted by Gasteiger charge is -2.13. The molecule has 0 atom stereocenters. The smallest absolute Gasteiger partial charge is 0.121 e. The Morgan fingerprint density at radius 2 is 1.80 bits per heavy atom. The maximum absolute atomic E-state index is 6.17. The van der Waals surface area contributed by atoms with Crippen LogP contribution in [0.25, 0.3) is 0 Å². The first kappa shape index (κ1) is 15.8. The van der Waals surface area contributed by atoms with Crippen LogP contribution in [0, 0.1) is 0 Å². The van der Waals surface area contributed by atoms with E-state index in [0.29, 0.717) is 21.6 Å². The van der Waals surface area contributed by atoms with E-state index in [1.54, 1.807) is 19.2 Å². The van der Waals surface area contributed by atoms with Crippen molar-refractivity contribution in [1.29, 1.82) is 0 Å². The molecule has 2 aromatic rings. The van der Waals surface area contributed by atoms with Gasteiger partial charge < -0.3 is 10.1 Å². The average Bonchev–Trinajstić information content (AvgIpc) is 2.45. The Balaban J connectivity index is 2.23. The topological polar surface area (TPSA) is 21.3 Å². The van der Waals surface area contributed by atoms with Crippen molar-refractivity contribution in [1.82, 2.24) is 0 Å². The van der Waals surface area contributed by atoms with E-state index in [0.717, 1.165) is 21.5 Å². The van der Waals surface area contributed by atoms with E-state index in [1.165, 1.54) is 0 Å². The van der Waals surface area contributed by atoms with Crippen LogP contribution < -0.4 is 10.1 Å². The van der Waals surface area contributed by atoms with Gasteiger partial charge in [-0.05, 0) is 40.2 Å². The van der Waals surface area contributed by atoms with Crippen molar-refractivity contribution in [2.45, 2.75) is 6.54 Å². The summed E-state index contributed by atoms with van der Waals surface area (Å²) in [5.74, 6) is 0.763. The molecule has 106 valence electrons. The van der Waals surface area contributed by atoms with Crippen LogP contribution in [0.4, 0.5) is 5.69 Å². The van der Waals surface area contributed by atoms with E-state index in [1.807, 2.05) is 18.2 Å². The van der Waals surface area contributed by atoms with Crippen LogP contribution in [-0.2, 0) is 6.54 Å². The highest BCUT2D eigenvalue weighted by molar-refractivity contribution is 9.10. The van der Waals surface area contributed by atoms with Crippen LogP contribution in [0.3, 0.4) is 0 Å². The second-order valence-electron chi connectivity index (χ2n) is 4.02. The van der Waals surface area contributed by atoms with Crippen LogP contribution in [0.15, 0.2) is 34.8 Å². The summed E-state index contributed by atoms with van der Waals surface area (Å²) >= 11 is 21.8. The first-order valence-corrected chi connectivity index (χ1v) is 7.65. The highest BCUT2D eigenvalue weighted by atomic mass is 79.9. The number of ether oxygens (including phenoxy) is 1. The third-order valence-corrected chi connectivity index (χ3v) is 4.66. The molecule has 0 bridgehead atoms. The Morgan fingerprint density at radius 1 is 1.10 bits per heavy atom. The largest absolute Gasteiger partial charge is 0.497 e. The minimum Gasteiger partial charge on any atom is -0.497 e. The zero-order valence-electron chi connectivity index (χ0n) is 10.5. The van der Waals surface area contributed by atoms with Crippen molar-refractivity contribution in [3.63, 3.8) is 0 Å². The molecule has 2 aromatic carbocycles. The summed E-state index contributed by atoms with van der Waals surface area (Å²) < 4.78 is 6.12. The van der Waals surface area contributed by atoms with Gasteiger partial charge in [-0.3, -0.25) is 0 Å². The molecule has 0 saturated carbocycles. The van der Waals surface area contributed by atoms with Gasteiger partial charge in [-0.2, -0.15) is 0 Å². The summed E-state index contributed by atoms with van der Waals surface area (Å²) in [4.78, 5) is 0. The van der Waals surface area contributed by atoms with Gasteiger partial charge in [0.05, 0.1) is 22.8 Å². The third-order valence-electron chi connectivity index (χ3n) is 2.77. The van der Waals surface area contributed by atoms with Gasteiger partial charge in [0.1, 0.15) is 5.75 Å². The summed E-state index contributed by atoms with van der Waals surface area (Å²) in [5.41, 5.74) is 1.65. The van der Waals surface area contributed by atoms with E-state index in [9.17, 15) is 0 Å². The maximum atomic E-state index is 6.17. The molecule has 0 aliphatic heterocycles. The predicted octanol–water partition coefficient (Wildman–Crippen LogP) is 6.03. The Labute approximate surface area is 141 Å². The summed E-state index contributed by atoms with van der Waals surface area (Å²) in [6, 6.07) is 9.07. The lowest BCUT2D eigenvalue weighted by molar-refractivity contribution is 0.415. The molecule has 0 unspecified atom stereocenters. The van der Waals surface area contributed by atoms with Crippen molar-refractivity contribution in [3.05, 3.63) is 55.4 Å². The minimum absolute atomic E-state index is 0.462. The molecule has 0 amide bonds. The molecule has 20 heavy (non-hydrogen) atoms. The van der Waals surface area contributed by atoms with E-state index < -0.39 is 0 Å². The van der Waals surface area contributed by atoms with Gasteiger partial charge in [0.2, 0.25) is 0 Å². The molecular weight excluding hydrogens is 384 g/mol. The van der Waals surface area contributed by atoms with E-state index >= 15 is 0 Å². The fourth-order valence-electron chi connectivity index (χ4n) is 1.68. The van der Waals surface area contributed by atoms with Crippen molar-refractivity contribution in [2.24, 2.45) is 0 Å². The number of hydrogen-bond acceptors (Lipinski definition) is 2. The number of halogens is 4. The van der Waals surface area contributed by atoms with Gasteiger partial charge in [0.25, 0.3) is 0 Å². The van der Waals surface area contributed by atoms with Crippen molar-refractivity contribution in [2.75, 3.05) is 12.4 Å². The highest BCUT2D eigenvalue weighted by Crippen LogP contribution is 2.33. The van der Waals surface area contributed by atoms with Crippen molar-refractivity contribution in [3.8, 4) is 5.75 Å². The normalized spacial score (nSPS) is 10.4. The first-order valence-electron chi connectivity index (χ1n) is 5.72. The maximum Gasteiger partial charge on any atom is 0.121 e. The van der Waals surface area contributed by atoms with Gasteiger partial charge in [-0.25, -0.2) is 0 Å². The summed E-state index contributed by atoms with van der Waals surface area (Å²) in [5, 5.41) is 4.78. The van der Waals surface area contributed by atoms with Crippen molar-refractivity contribution < 1.29 is 4.74 Å². The van der Waals surface area contributed by atoms with Crippen molar-refractivity contribution >= 4 is 56.4 Å². The lowest BCUT2D eigenvalue weighted by atomic mass is 10.2. The Kier molecular flexibility index (Phi) is 5.44. The molecule has 0 radical (unpaired) electrons. The molecule has 1 N–H and O–H groups in total. The molecule has 0 aliphatic carbocycles. The Hall–Kier alpha value is -0.610. The summed E-state index contributed by atoms with van der Waals surface area (Å²) in [6.07, 6.45) is 0. The van der Waals surface area contributed by atoms with Gasteiger partial charge in [0, 0.05) is 27.7 Å².